The Balaban J connectivity index is 0.00000562. The van der Waals surface area contributed by atoms with Gasteiger partial charge in [-0.1, -0.05) is 183 Å². The number of rotatable bonds is 8. The number of nitrogens with zero attached hydrogens (tertiary/aromatic N) is 3. The first-order valence-corrected chi connectivity index (χ1v) is 21.2. The first-order chi connectivity index (χ1) is 31.9. The van der Waals surface area contributed by atoms with Crippen LogP contribution in [0, 0.1) is 12.9 Å². The number of hydrogen-bond acceptors (Lipinski definition) is 3. The molecule has 10 aromatic rings. The van der Waals surface area contributed by atoms with Gasteiger partial charge in [0.25, 0.3) is 0 Å². The standard InChI is InChI=1S/C59H46N3O.Pt/c1-39-34-44(56-48(42-22-12-7-13-23-42)25-16-27-51(56)59(2,3)4)30-31-53(39)62-54-28-17-26-49(57(54)61-58(62)50-24-14-15-29-55(50)63)46-35-45(41-20-10-6-11-21-41)36-47(37-46)52-38-43(32-33-60-52)40-18-8-5-9-19-40;/h5-36,38,63H,1-4H3;/q-1;/i1D3;. The van der Waals surface area contributed by atoms with Gasteiger partial charge in [0.1, 0.15) is 11.6 Å². The molecule has 0 aliphatic carbocycles. The maximum Gasteiger partial charge on any atom is 0.148 e. The number of phenolic OH excluding ortho intramolecular Hbond substituents is 1. The quantitative estimate of drug-likeness (QED) is 0.154. The van der Waals surface area contributed by atoms with Crippen molar-refractivity contribution in [2.24, 2.45) is 0 Å². The van der Waals surface area contributed by atoms with Crippen LogP contribution in [0.5, 0.6) is 5.75 Å². The number of para-hydroxylation sites is 2. The van der Waals surface area contributed by atoms with Crippen LogP contribution in [-0.2, 0) is 26.5 Å². The van der Waals surface area contributed by atoms with Gasteiger partial charge in [0.05, 0.1) is 22.3 Å². The van der Waals surface area contributed by atoms with Crippen LogP contribution in [0.25, 0.3) is 95.0 Å². The van der Waals surface area contributed by atoms with Gasteiger partial charge in [-0.2, -0.15) is 0 Å². The van der Waals surface area contributed by atoms with Gasteiger partial charge in [0.2, 0.25) is 0 Å². The number of fused-ring (bicyclic) bond motifs is 1. The summed E-state index contributed by atoms with van der Waals surface area (Å²) in [5.41, 5.74) is 14.4. The fourth-order valence-electron chi connectivity index (χ4n) is 8.68. The van der Waals surface area contributed by atoms with Crippen molar-refractivity contribution in [1.29, 1.82) is 0 Å². The first kappa shape index (κ1) is 38.5. The van der Waals surface area contributed by atoms with Crippen LogP contribution in [0.4, 0.5) is 0 Å². The van der Waals surface area contributed by atoms with Crippen LogP contribution in [0.3, 0.4) is 0 Å². The molecule has 0 atom stereocenters. The van der Waals surface area contributed by atoms with E-state index in [2.05, 4.69) is 99.6 Å². The Labute approximate surface area is 394 Å². The maximum absolute atomic E-state index is 11.5. The van der Waals surface area contributed by atoms with Crippen LogP contribution in [-0.4, -0.2) is 19.6 Å². The van der Waals surface area contributed by atoms with E-state index in [0.717, 1.165) is 72.5 Å². The minimum atomic E-state index is -2.53. The molecule has 0 bridgehead atoms. The van der Waals surface area contributed by atoms with Gasteiger partial charge in [0.15, 0.2) is 0 Å². The molecule has 0 aliphatic heterocycles. The van der Waals surface area contributed by atoms with Gasteiger partial charge in [-0.05, 0) is 98.7 Å². The molecule has 0 amide bonds. The number of phenols is 1. The second-order valence-corrected chi connectivity index (χ2v) is 16.9. The van der Waals surface area contributed by atoms with Crippen molar-refractivity contribution in [2.75, 3.05) is 0 Å². The molecule has 5 heteroatoms. The summed E-state index contributed by atoms with van der Waals surface area (Å²) in [5.74, 6) is 0.434. The van der Waals surface area contributed by atoms with Gasteiger partial charge in [-0.25, -0.2) is 4.98 Å². The zero-order chi connectivity index (χ0) is 45.6. The van der Waals surface area contributed by atoms with Crippen molar-refractivity contribution in [1.82, 2.24) is 14.5 Å². The molecule has 0 spiro atoms. The molecule has 4 nitrogen and oxygen atoms in total. The molecule has 8 aromatic carbocycles. The topological polar surface area (TPSA) is 50.9 Å². The molecule has 0 unspecified atom stereocenters. The number of imidazole rings is 1. The molecule has 0 fully saturated rings. The summed E-state index contributed by atoms with van der Waals surface area (Å²) in [6.45, 7) is 4.01. The SMILES string of the molecule is [2H]C([2H])([2H])c1cc(-c2c(-c3ccccc3)cccc2C(C)(C)C)ccc1-n1c(-c2ccccc2O)nc2c(-c3[c-]c(-c4cc(-c5ccccc5)ccn4)cc(-c4ccccc4)c3)cccc21.[Pt]. The number of pyridine rings is 1. The van der Waals surface area contributed by atoms with E-state index in [-0.39, 0.29) is 37.8 Å². The predicted octanol–water partition coefficient (Wildman–Crippen LogP) is 15.2. The number of aromatic nitrogens is 3. The third-order valence-corrected chi connectivity index (χ3v) is 11.7. The van der Waals surface area contributed by atoms with E-state index in [4.69, 9.17) is 14.1 Å². The monoisotopic (exact) mass is 1010 g/mol. The molecule has 0 aliphatic rings. The van der Waals surface area contributed by atoms with Gasteiger partial charge < -0.3 is 5.11 Å². The van der Waals surface area contributed by atoms with E-state index in [1.54, 1.807) is 12.1 Å². The molecular formula is C59H46N3OPt-. The Morgan fingerprint density at radius 1 is 0.547 bits per heavy atom. The maximum atomic E-state index is 11.5. The minimum absolute atomic E-state index is 0. The number of aromatic hydroxyl groups is 1. The summed E-state index contributed by atoms with van der Waals surface area (Å²) >= 11 is 0. The Kier molecular flexibility index (Phi) is 10.6. The summed E-state index contributed by atoms with van der Waals surface area (Å²) in [6.07, 6.45) is 1.83. The van der Waals surface area contributed by atoms with Crippen molar-refractivity contribution in [3.05, 3.63) is 218 Å². The van der Waals surface area contributed by atoms with E-state index < -0.39 is 6.85 Å². The zero-order valence-corrected chi connectivity index (χ0v) is 37.9. The Morgan fingerprint density at radius 2 is 1.17 bits per heavy atom. The molecule has 0 radical (unpaired) electrons. The second kappa shape index (κ2) is 17.6. The van der Waals surface area contributed by atoms with Crippen molar-refractivity contribution < 1.29 is 30.3 Å². The van der Waals surface area contributed by atoms with E-state index in [0.29, 0.717) is 28.1 Å². The summed E-state index contributed by atoms with van der Waals surface area (Å²) in [5, 5.41) is 11.5. The number of aryl methyl sites for hydroxylation is 1. The van der Waals surface area contributed by atoms with Gasteiger partial charge in [-0.3, -0.25) is 9.55 Å². The normalized spacial score (nSPS) is 12.3. The summed E-state index contributed by atoms with van der Waals surface area (Å²) in [4.78, 5) is 10.2. The van der Waals surface area contributed by atoms with E-state index in [1.807, 2.05) is 120 Å². The Bertz CT molecular complexity index is 3400. The van der Waals surface area contributed by atoms with Crippen LogP contribution in [0.1, 0.15) is 36.0 Å². The second-order valence-electron chi connectivity index (χ2n) is 16.9. The van der Waals surface area contributed by atoms with E-state index in [9.17, 15) is 5.11 Å². The van der Waals surface area contributed by atoms with Crippen LogP contribution < -0.4 is 0 Å². The Morgan fingerprint density at radius 3 is 1.88 bits per heavy atom. The minimum Gasteiger partial charge on any atom is -0.507 e. The molecular weight excluding hydrogens is 962 g/mol. The smallest absolute Gasteiger partial charge is 0.148 e. The van der Waals surface area contributed by atoms with E-state index >= 15 is 0 Å². The van der Waals surface area contributed by atoms with Crippen molar-refractivity contribution in [3.63, 3.8) is 0 Å². The summed E-state index contributed by atoms with van der Waals surface area (Å²) in [7, 11) is 0. The molecule has 314 valence electrons. The first-order valence-electron chi connectivity index (χ1n) is 22.7. The van der Waals surface area contributed by atoms with E-state index in [1.165, 1.54) is 0 Å². The Hall–Kier alpha value is -7.13. The largest absolute Gasteiger partial charge is 0.507 e. The molecule has 64 heavy (non-hydrogen) atoms. The predicted molar refractivity (Wildman–Crippen MR) is 261 cm³/mol. The van der Waals surface area contributed by atoms with Crippen molar-refractivity contribution >= 4 is 11.0 Å². The summed E-state index contributed by atoms with van der Waals surface area (Å²) < 4.78 is 29.2. The third kappa shape index (κ3) is 8.02. The van der Waals surface area contributed by atoms with Gasteiger partial charge in [0, 0.05) is 37.1 Å². The average Bonchev–Trinajstić information content (AvgIpc) is 3.73. The van der Waals surface area contributed by atoms with Crippen LogP contribution in [0.15, 0.2) is 200 Å². The molecule has 1 N–H and O–H groups in total. The summed E-state index contributed by atoms with van der Waals surface area (Å²) in [6, 6.07) is 67.8. The van der Waals surface area contributed by atoms with Gasteiger partial charge >= 0.3 is 0 Å². The van der Waals surface area contributed by atoms with Crippen LogP contribution in [0.2, 0.25) is 0 Å². The number of benzene rings is 8. The van der Waals surface area contributed by atoms with Crippen molar-refractivity contribution in [3.8, 4) is 89.7 Å². The number of hydrogen-bond donors (Lipinski definition) is 1. The molecule has 10 rings (SSSR count). The van der Waals surface area contributed by atoms with Gasteiger partial charge in [-0.15, -0.1) is 23.8 Å². The fraction of sp³-hybridized carbons (Fsp3) is 0.0847. The zero-order valence-electron chi connectivity index (χ0n) is 38.7. The molecule has 2 heterocycles. The molecule has 2 aromatic heterocycles. The average molecular weight is 1010 g/mol. The van der Waals surface area contributed by atoms with Crippen molar-refractivity contribution in [2.45, 2.75) is 33.0 Å². The van der Waals surface area contributed by atoms with Crippen LogP contribution >= 0.6 is 0 Å². The molecule has 0 saturated carbocycles. The fourth-order valence-corrected chi connectivity index (χ4v) is 8.68. The molecule has 0 saturated heterocycles. The third-order valence-electron chi connectivity index (χ3n) is 11.7.